The lowest BCUT2D eigenvalue weighted by molar-refractivity contribution is 0.0263. The summed E-state index contributed by atoms with van der Waals surface area (Å²) in [5, 5.41) is 0.760. The number of halogens is 2. The van der Waals surface area contributed by atoms with Gasteiger partial charge in [0.1, 0.15) is 12.4 Å². The molecule has 0 radical (unpaired) electrons. The van der Waals surface area contributed by atoms with Gasteiger partial charge in [0, 0.05) is 5.02 Å². The van der Waals surface area contributed by atoms with Gasteiger partial charge in [0.2, 0.25) is 0 Å². The molecule has 1 heterocycles. The molecule has 18 heavy (non-hydrogen) atoms. The van der Waals surface area contributed by atoms with E-state index in [0.29, 0.717) is 34.3 Å². The predicted molar refractivity (Wildman–Crippen MR) is 70.9 cm³/mol. The van der Waals surface area contributed by atoms with Crippen LogP contribution in [0.3, 0.4) is 0 Å². The van der Waals surface area contributed by atoms with Crippen LogP contribution >= 0.6 is 23.2 Å². The highest BCUT2D eigenvalue weighted by Crippen LogP contribution is 2.32. The van der Waals surface area contributed by atoms with Crippen LogP contribution < -0.4 is 4.74 Å². The number of benzene rings is 1. The van der Waals surface area contributed by atoms with Crippen molar-refractivity contribution in [2.45, 2.75) is 32.0 Å². The van der Waals surface area contributed by atoms with E-state index in [2.05, 4.69) is 0 Å². The van der Waals surface area contributed by atoms with Crippen molar-refractivity contribution in [3.8, 4) is 5.75 Å². The molecule has 1 aromatic rings. The molecular weight excluding hydrogens is 275 g/mol. The van der Waals surface area contributed by atoms with Crippen LogP contribution in [0.2, 0.25) is 10.0 Å². The molecule has 98 valence electrons. The minimum absolute atomic E-state index is 0.0613. The van der Waals surface area contributed by atoms with Crippen molar-refractivity contribution >= 4 is 29.5 Å². The molecule has 2 unspecified atom stereocenters. The Morgan fingerprint density at radius 3 is 2.83 bits per heavy atom. The maximum atomic E-state index is 11.0. The van der Waals surface area contributed by atoms with Gasteiger partial charge < -0.3 is 9.47 Å². The molecular formula is C13H14Cl2O3. The predicted octanol–water partition coefficient (Wildman–Crippen LogP) is 3.75. The molecule has 0 N–H and O–H groups in total. The van der Waals surface area contributed by atoms with Crippen LogP contribution in [0.25, 0.3) is 0 Å². The molecule has 2 rings (SSSR count). The Morgan fingerprint density at radius 2 is 2.22 bits per heavy atom. The van der Waals surface area contributed by atoms with Crippen molar-refractivity contribution in [2.24, 2.45) is 0 Å². The number of carbonyl (C=O) groups is 1. The second-order valence-corrected chi connectivity index (χ2v) is 5.22. The van der Waals surface area contributed by atoms with E-state index < -0.39 is 0 Å². The van der Waals surface area contributed by atoms with Gasteiger partial charge in [-0.25, -0.2) is 0 Å². The molecule has 1 fully saturated rings. The van der Waals surface area contributed by atoms with Crippen molar-refractivity contribution in [1.82, 2.24) is 0 Å². The van der Waals surface area contributed by atoms with E-state index in [0.717, 1.165) is 12.8 Å². The number of carbonyl (C=O) groups excluding carboxylic acids is 1. The lowest BCUT2D eigenvalue weighted by Crippen LogP contribution is -2.18. The monoisotopic (exact) mass is 288 g/mol. The molecule has 1 aromatic carbocycles. The zero-order chi connectivity index (χ0) is 13.1. The van der Waals surface area contributed by atoms with E-state index in [4.69, 9.17) is 32.7 Å². The van der Waals surface area contributed by atoms with E-state index in [-0.39, 0.29) is 12.2 Å². The van der Waals surface area contributed by atoms with E-state index in [1.807, 2.05) is 6.92 Å². The third kappa shape index (κ3) is 3.16. The molecule has 1 aliphatic heterocycles. The van der Waals surface area contributed by atoms with Gasteiger partial charge in [-0.15, -0.1) is 0 Å². The third-order valence-corrected chi connectivity index (χ3v) is 3.40. The van der Waals surface area contributed by atoms with Crippen molar-refractivity contribution in [2.75, 3.05) is 6.61 Å². The minimum Gasteiger partial charge on any atom is -0.489 e. The van der Waals surface area contributed by atoms with Gasteiger partial charge in [-0.3, -0.25) is 4.79 Å². The summed E-state index contributed by atoms with van der Waals surface area (Å²) in [6.07, 6.45) is 3.01. The maximum Gasteiger partial charge on any atom is 0.153 e. The second-order valence-electron chi connectivity index (χ2n) is 4.38. The van der Waals surface area contributed by atoms with Gasteiger partial charge >= 0.3 is 0 Å². The molecule has 0 aromatic heterocycles. The Morgan fingerprint density at radius 1 is 1.44 bits per heavy atom. The first-order valence-corrected chi connectivity index (χ1v) is 6.58. The normalized spacial score (nSPS) is 23.1. The zero-order valence-corrected chi connectivity index (χ0v) is 11.5. The Labute approximate surface area is 116 Å². The minimum atomic E-state index is 0.0613. The SMILES string of the molecule is CC1CCC(COc2c(Cl)cc(Cl)cc2C=O)O1. The summed E-state index contributed by atoms with van der Waals surface area (Å²) in [7, 11) is 0. The molecule has 3 nitrogen and oxygen atoms in total. The largest absolute Gasteiger partial charge is 0.489 e. The summed E-state index contributed by atoms with van der Waals surface area (Å²) < 4.78 is 11.2. The topological polar surface area (TPSA) is 35.5 Å². The quantitative estimate of drug-likeness (QED) is 0.792. The lowest BCUT2D eigenvalue weighted by atomic mass is 10.2. The van der Waals surface area contributed by atoms with Gasteiger partial charge in [-0.05, 0) is 31.9 Å². The van der Waals surface area contributed by atoms with Gasteiger partial charge in [0.25, 0.3) is 0 Å². The van der Waals surface area contributed by atoms with Crippen LogP contribution in [0, 0.1) is 0 Å². The molecule has 2 atom stereocenters. The smallest absolute Gasteiger partial charge is 0.153 e. The second kappa shape index (κ2) is 5.91. The first-order chi connectivity index (χ1) is 8.60. The van der Waals surface area contributed by atoms with Gasteiger partial charge in [-0.2, -0.15) is 0 Å². The highest BCUT2D eigenvalue weighted by atomic mass is 35.5. The first-order valence-electron chi connectivity index (χ1n) is 5.82. The van der Waals surface area contributed by atoms with Crippen LogP contribution in [0.5, 0.6) is 5.75 Å². The lowest BCUT2D eigenvalue weighted by Gasteiger charge is -2.15. The Balaban J connectivity index is 2.06. The number of hydrogen-bond acceptors (Lipinski definition) is 3. The standard InChI is InChI=1S/C13H14Cl2O3/c1-8-2-3-11(18-8)7-17-13-9(6-16)4-10(14)5-12(13)15/h4-6,8,11H,2-3,7H2,1H3. The number of rotatable bonds is 4. The van der Waals surface area contributed by atoms with E-state index in [1.54, 1.807) is 6.07 Å². The van der Waals surface area contributed by atoms with Crippen LogP contribution in [-0.4, -0.2) is 25.1 Å². The first kappa shape index (κ1) is 13.7. The van der Waals surface area contributed by atoms with Crippen molar-refractivity contribution in [1.29, 1.82) is 0 Å². The van der Waals surface area contributed by atoms with Gasteiger partial charge in [0.15, 0.2) is 6.29 Å². The molecule has 0 amide bonds. The van der Waals surface area contributed by atoms with Gasteiger partial charge in [0.05, 0.1) is 22.8 Å². The fourth-order valence-corrected chi connectivity index (χ4v) is 2.57. The molecule has 0 spiro atoms. The molecule has 1 aliphatic rings. The summed E-state index contributed by atoms with van der Waals surface area (Å²) in [6.45, 7) is 2.43. The molecule has 0 saturated carbocycles. The number of aldehydes is 1. The highest BCUT2D eigenvalue weighted by Gasteiger charge is 2.23. The van der Waals surface area contributed by atoms with E-state index in [1.165, 1.54) is 6.07 Å². The van der Waals surface area contributed by atoms with Gasteiger partial charge in [-0.1, -0.05) is 23.2 Å². The van der Waals surface area contributed by atoms with Crippen molar-refractivity contribution in [3.05, 3.63) is 27.7 Å². The highest BCUT2D eigenvalue weighted by molar-refractivity contribution is 6.36. The average molecular weight is 289 g/mol. The zero-order valence-electron chi connectivity index (χ0n) is 9.99. The molecule has 1 saturated heterocycles. The summed E-state index contributed by atoms with van der Waals surface area (Å²) in [5.41, 5.74) is 0.360. The van der Waals surface area contributed by atoms with Crippen LogP contribution in [0.1, 0.15) is 30.1 Å². The van der Waals surface area contributed by atoms with E-state index >= 15 is 0 Å². The fraction of sp³-hybridized carbons (Fsp3) is 0.462. The molecule has 5 heteroatoms. The maximum absolute atomic E-state index is 11.0. The number of ether oxygens (including phenoxy) is 2. The summed E-state index contributed by atoms with van der Waals surface area (Å²) in [5.74, 6) is 0.374. The van der Waals surface area contributed by atoms with Crippen molar-refractivity contribution in [3.63, 3.8) is 0 Å². The Kier molecular flexibility index (Phi) is 4.49. The number of hydrogen-bond donors (Lipinski definition) is 0. The van der Waals surface area contributed by atoms with E-state index in [9.17, 15) is 4.79 Å². The summed E-state index contributed by atoms with van der Waals surface area (Å²) in [4.78, 5) is 11.0. The Hall–Kier alpha value is -0.770. The van der Waals surface area contributed by atoms with Crippen LogP contribution in [0.4, 0.5) is 0 Å². The van der Waals surface area contributed by atoms with Crippen LogP contribution in [0.15, 0.2) is 12.1 Å². The van der Waals surface area contributed by atoms with Crippen LogP contribution in [-0.2, 0) is 4.74 Å². The fourth-order valence-electron chi connectivity index (χ4n) is 2.00. The summed E-state index contributed by atoms with van der Waals surface area (Å²) in [6, 6.07) is 3.09. The Bertz CT molecular complexity index is 448. The summed E-state index contributed by atoms with van der Waals surface area (Å²) >= 11 is 11.8. The molecule has 0 aliphatic carbocycles. The van der Waals surface area contributed by atoms with Crippen molar-refractivity contribution < 1.29 is 14.3 Å². The molecule has 0 bridgehead atoms. The third-order valence-electron chi connectivity index (χ3n) is 2.90. The average Bonchev–Trinajstić information content (AvgIpc) is 2.73.